The van der Waals surface area contributed by atoms with Crippen molar-refractivity contribution in [2.45, 2.75) is 25.0 Å². The van der Waals surface area contributed by atoms with E-state index in [4.69, 9.17) is 9.47 Å². The first-order chi connectivity index (χ1) is 21.1. The lowest BCUT2D eigenvalue weighted by Crippen LogP contribution is -2.40. The number of amides is 1. The minimum atomic E-state index is -6.39. The minimum absolute atomic E-state index is 0.0100. The zero-order chi connectivity index (χ0) is 32.8. The number of fused-ring (bicyclic) bond motifs is 2. The summed E-state index contributed by atoms with van der Waals surface area (Å²) < 4.78 is 126. The fraction of sp³-hybridized carbons (Fsp3) is 0.296. The topological polar surface area (TPSA) is 133 Å². The molecule has 45 heavy (non-hydrogen) atoms. The lowest BCUT2D eigenvalue weighted by molar-refractivity contribution is -0.0500. The van der Waals surface area contributed by atoms with Crippen molar-refractivity contribution in [3.8, 4) is 34.1 Å². The molecule has 0 saturated carbocycles. The zero-order valence-corrected chi connectivity index (χ0v) is 24.0. The molecule has 11 nitrogen and oxygen atoms in total. The van der Waals surface area contributed by atoms with E-state index in [0.717, 1.165) is 29.2 Å². The molecule has 4 aromatic rings. The molecular weight excluding hydrogens is 638 g/mol. The summed E-state index contributed by atoms with van der Waals surface area (Å²) in [5, 5.41) is 12.7. The Kier molecular flexibility index (Phi) is 8.30. The van der Waals surface area contributed by atoms with Gasteiger partial charge >= 0.3 is 21.7 Å². The van der Waals surface area contributed by atoms with E-state index in [-0.39, 0.29) is 42.9 Å². The highest BCUT2D eigenvalue weighted by Crippen LogP contribution is 2.46. The molecule has 5 rings (SSSR count). The highest BCUT2D eigenvalue weighted by atomic mass is 32.2. The average molecular weight is 661 g/mol. The molecule has 0 fully saturated rings. The van der Waals surface area contributed by atoms with Crippen molar-refractivity contribution >= 4 is 27.0 Å². The molecule has 0 spiro atoms. The van der Waals surface area contributed by atoms with Crippen LogP contribution in [0.3, 0.4) is 0 Å². The maximum atomic E-state index is 15.7. The van der Waals surface area contributed by atoms with E-state index in [0.29, 0.717) is 11.8 Å². The summed E-state index contributed by atoms with van der Waals surface area (Å²) in [4.78, 5) is 16.8. The minimum Gasteiger partial charge on any atom is -0.490 e. The molecule has 3 heterocycles. The van der Waals surface area contributed by atoms with E-state index in [2.05, 4.69) is 14.3 Å². The van der Waals surface area contributed by atoms with Gasteiger partial charge in [-0.25, -0.2) is 22.9 Å². The standard InChI is InChI=1S/C27H22F6N4O7S/c1-13-19-12-18(35-37(19)7-6-36(13)26(38)39)24-22(23-17(30)10-14(28)11-20(23)43-9-8-42-2)15-4-3-5-16(29)21(15)25(34-24)44-45(40,41)27(31,32)33/h3-5,10-13H,6-9H2,1-2H3,(H,38,39)/t13-/m1/s1. The number of hydrogen-bond acceptors (Lipinski definition) is 8. The number of methoxy groups -OCH3 is 1. The zero-order valence-electron chi connectivity index (χ0n) is 23.2. The molecule has 1 N–H and O–H groups in total. The number of nitrogens with zero attached hydrogens (tertiary/aromatic N) is 4. The molecule has 0 unspecified atom stereocenters. The number of rotatable bonds is 8. The van der Waals surface area contributed by atoms with Crippen LogP contribution in [-0.2, 0) is 21.4 Å². The number of halogens is 6. The Morgan fingerprint density at radius 2 is 1.80 bits per heavy atom. The number of ether oxygens (including phenoxy) is 2. The number of carboxylic acid groups (broad SMARTS) is 1. The van der Waals surface area contributed by atoms with Gasteiger partial charge in [0.2, 0.25) is 5.88 Å². The lowest BCUT2D eigenvalue weighted by atomic mass is 9.94. The van der Waals surface area contributed by atoms with Crippen molar-refractivity contribution < 1.29 is 58.3 Å². The van der Waals surface area contributed by atoms with Crippen molar-refractivity contribution in [2.24, 2.45) is 0 Å². The normalized spacial score (nSPS) is 15.3. The molecule has 0 radical (unpaired) electrons. The van der Waals surface area contributed by atoms with E-state index in [9.17, 15) is 35.9 Å². The highest BCUT2D eigenvalue weighted by Gasteiger charge is 2.49. The van der Waals surface area contributed by atoms with Crippen LogP contribution in [-0.4, -0.2) is 71.7 Å². The van der Waals surface area contributed by atoms with E-state index in [1.165, 1.54) is 17.9 Å². The predicted octanol–water partition coefficient (Wildman–Crippen LogP) is 5.49. The predicted molar refractivity (Wildman–Crippen MR) is 144 cm³/mol. The van der Waals surface area contributed by atoms with Crippen molar-refractivity contribution in [1.82, 2.24) is 19.7 Å². The van der Waals surface area contributed by atoms with Gasteiger partial charge in [0.1, 0.15) is 41.2 Å². The second-order valence-corrected chi connectivity index (χ2v) is 11.3. The summed E-state index contributed by atoms with van der Waals surface area (Å²) >= 11 is 0. The Hall–Kier alpha value is -4.58. The van der Waals surface area contributed by atoms with Crippen LogP contribution in [0, 0.1) is 17.5 Å². The molecule has 0 aliphatic carbocycles. The Labute approximate surface area is 250 Å². The van der Waals surface area contributed by atoms with Gasteiger partial charge in [-0.15, -0.1) is 0 Å². The van der Waals surface area contributed by atoms with Gasteiger partial charge in [0, 0.05) is 36.7 Å². The summed E-state index contributed by atoms with van der Waals surface area (Å²) in [6.07, 6.45) is -1.24. The maximum Gasteiger partial charge on any atom is 0.534 e. The highest BCUT2D eigenvalue weighted by molar-refractivity contribution is 7.88. The quantitative estimate of drug-likeness (QED) is 0.113. The number of hydrogen-bond donors (Lipinski definition) is 1. The summed E-state index contributed by atoms with van der Waals surface area (Å²) in [5.74, 6) is -5.36. The van der Waals surface area contributed by atoms with E-state index in [1.807, 2.05) is 0 Å². The van der Waals surface area contributed by atoms with Crippen LogP contribution >= 0.6 is 0 Å². The van der Waals surface area contributed by atoms with Gasteiger partial charge in [-0.05, 0) is 19.1 Å². The Bertz CT molecular complexity index is 1920. The summed E-state index contributed by atoms with van der Waals surface area (Å²) in [6, 6.07) is 4.86. The van der Waals surface area contributed by atoms with Crippen molar-refractivity contribution in [3.05, 3.63) is 59.5 Å². The van der Waals surface area contributed by atoms with Crippen molar-refractivity contribution in [1.29, 1.82) is 0 Å². The van der Waals surface area contributed by atoms with Crippen molar-refractivity contribution in [2.75, 3.05) is 26.9 Å². The van der Waals surface area contributed by atoms with Gasteiger partial charge in [0.05, 0.1) is 35.8 Å². The molecule has 0 saturated heterocycles. The third kappa shape index (κ3) is 5.82. The number of alkyl halides is 3. The van der Waals surface area contributed by atoms with E-state index in [1.54, 1.807) is 6.92 Å². The molecule has 2 aromatic heterocycles. The van der Waals surface area contributed by atoms with E-state index >= 15 is 8.78 Å². The van der Waals surface area contributed by atoms with Crippen LogP contribution in [0.1, 0.15) is 18.7 Å². The second kappa shape index (κ2) is 11.7. The van der Waals surface area contributed by atoms with Gasteiger partial charge in [-0.1, -0.05) is 12.1 Å². The van der Waals surface area contributed by atoms with Crippen LogP contribution in [0.4, 0.5) is 31.1 Å². The Morgan fingerprint density at radius 1 is 1.07 bits per heavy atom. The Balaban J connectivity index is 1.87. The molecule has 1 atom stereocenters. The average Bonchev–Trinajstić information content (AvgIpc) is 3.38. The largest absolute Gasteiger partial charge is 0.534 e. The van der Waals surface area contributed by atoms with Gasteiger partial charge in [0.25, 0.3) is 0 Å². The van der Waals surface area contributed by atoms with Gasteiger partial charge in [0.15, 0.2) is 0 Å². The smallest absolute Gasteiger partial charge is 0.490 e. The monoisotopic (exact) mass is 660 g/mol. The van der Waals surface area contributed by atoms with Crippen molar-refractivity contribution in [3.63, 3.8) is 0 Å². The van der Waals surface area contributed by atoms with Crippen LogP contribution in [0.2, 0.25) is 0 Å². The van der Waals surface area contributed by atoms with Gasteiger partial charge < -0.3 is 18.8 Å². The Morgan fingerprint density at radius 3 is 2.47 bits per heavy atom. The summed E-state index contributed by atoms with van der Waals surface area (Å²) in [6.45, 7) is 1.35. The summed E-state index contributed by atoms with van der Waals surface area (Å²) in [5.41, 5.74) is -7.21. The van der Waals surface area contributed by atoms with Gasteiger partial charge in [-0.3, -0.25) is 9.58 Å². The molecule has 18 heteroatoms. The van der Waals surface area contributed by atoms with Crippen LogP contribution in [0.15, 0.2) is 36.4 Å². The molecular formula is C27H22F6N4O7S. The van der Waals surface area contributed by atoms with Crippen LogP contribution < -0.4 is 8.92 Å². The maximum absolute atomic E-state index is 15.7. The van der Waals surface area contributed by atoms with Gasteiger partial charge in [-0.2, -0.15) is 26.7 Å². The summed E-state index contributed by atoms with van der Waals surface area (Å²) in [7, 11) is -5.05. The number of carbonyl (C=O) groups is 1. The van der Waals surface area contributed by atoms with Crippen LogP contribution in [0.5, 0.6) is 11.6 Å². The van der Waals surface area contributed by atoms with E-state index < -0.39 is 73.5 Å². The number of benzene rings is 2. The molecule has 1 aliphatic rings. The molecule has 240 valence electrons. The number of aromatic nitrogens is 3. The first-order valence-electron chi connectivity index (χ1n) is 13.0. The third-order valence-corrected chi connectivity index (χ3v) is 7.92. The third-order valence-electron chi connectivity index (χ3n) is 6.98. The fourth-order valence-corrected chi connectivity index (χ4v) is 5.38. The molecule has 2 aromatic carbocycles. The fourth-order valence-electron chi connectivity index (χ4n) is 4.96. The molecule has 1 aliphatic heterocycles. The lowest BCUT2D eigenvalue weighted by Gasteiger charge is -2.31. The molecule has 1 amide bonds. The van der Waals surface area contributed by atoms with Crippen LogP contribution in [0.25, 0.3) is 33.3 Å². The second-order valence-electron chi connectivity index (χ2n) is 9.72. The number of pyridine rings is 1. The first-order valence-corrected chi connectivity index (χ1v) is 14.4. The SMILES string of the molecule is COCCOc1cc(F)cc(F)c1-c1c(-c2cc3n(n2)CCN(C(=O)O)[C@@H]3C)nc(OS(=O)(=O)C(F)(F)F)c2c(F)cccc12. The first kappa shape index (κ1) is 31.8. The molecule has 0 bridgehead atoms.